The Balaban J connectivity index is 1.55. The van der Waals surface area contributed by atoms with Crippen LogP contribution in [0.2, 0.25) is 5.02 Å². The minimum Gasteiger partial charge on any atom is -0.464 e. The second-order valence-electron chi connectivity index (χ2n) is 8.45. The van der Waals surface area contributed by atoms with Gasteiger partial charge in [-0.2, -0.15) is 0 Å². The van der Waals surface area contributed by atoms with Gasteiger partial charge >= 0.3 is 0 Å². The molecule has 2 aromatic heterocycles. The first-order valence-corrected chi connectivity index (χ1v) is 11.4. The summed E-state index contributed by atoms with van der Waals surface area (Å²) in [5, 5.41) is 6.23. The Labute approximate surface area is 198 Å². The molecule has 1 aromatic carbocycles. The SMILES string of the molecule is CC(C)N1CCC(C(=O)Nc2ccc(-c3ccco3)cc2C(=O)Nc2ccc(Cl)cn2)CC1. The number of carbonyl (C=O) groups is 2. The molecule has 0 unspecified atom stereocenters. The van der Waals surface area contributed by atoms with Gasteiger partial charge in [0.15, 0.2) is 0 Å². The van der Waals surface area contributed by atoms with E-state index in [9.17, 15) is 9.59 Å². The maximum Gasteiger partial charge on any atom is 0.258 e. The number of nitrogens with zero attached hydrogens (tertiary/aromatic N) is 2. The van der Waals surface area contributed by atoms with Crippen molar-refractivity contribution in [3.63, 3.8) is 0 Å². The first-order chi connectivity index (χ1) is 15.9. The minimum atomic E-state index is -0.386. The van der Waals surface area contributed by atoms with Crippen molar-refractivity contribution in [3.05, 3.63) is 65.5 Å². The van der Waals surface area contributed by atoms with Gasteiger partial charge in [-0.15, -0.1) is 0 Å². The predicted molar refractivity (Wildman–Crippen MR) is 129 cm³/mol. The van der Waals surface area contributed by atoms with Crippen molar-refractivity contribution >= 4 is 34.9 Å². The molecular formula is C25H27ClN4O3. The van der Waals surface area contributed by atoms with Gasteiger partial charge in [-0.1, -0.05) is 11.6 Å². The quantitative estimate of drug-likeness (QED) is 0.514. The summed E-state index contributed by atoms with van der Waals surface area (Å²) < 4.78 is 5.48. The molecule has 172 valence electrons. The van der Waals surface area contributed by atoms with Crippen molar-refractivity contribution in [1.82, 2.24) is 9.88 Å². The van der Waals surface area contributed by atoms with Crippen LogP contribution in [0.15, 0.2) is 59.3 Å². The molecule has 3 aromatic rings. The van der Waals surface area contributed by atoms with Crippen molar-refractivity contribution in [2.75, 3.05) is 23.7 Å². The van der Waals surface area contributed by atoms with Crippen LogP contribution in [0.25, 0.3) is 11.3 Å². The van der Waals surface area contributed by atoms with Crippen LogP contribution < -0.4 is 10.6 Å². The molecule has 1 saturated heterocycles. The van der Waals surface area contributed by atoms with Gasteiger partial charge in [0.25, 0.3) is 5.91 Å². The molecule has 0 saturated carbocycles. The molecule has 3 heterocycles. The van der Waals surface area contributed by atoms with Gasteiger partial charge in [-0.3, -0.25) is 9.59 Å². The Hall–Kier alpha value is -3.16. The third-order valence-corrected chi connectivity index (χ3v) is 6.15. The van der Waals surface area contributed by atoms with Gasteiger partial charge in [-0.05, 0) is 82.2 Å². The molecule has 0 spiro atoms. The Morgan fingerprint density at radius 2 is 1.91 bits per heavy atom. The average molecular weight is 467 g/mol. The van der Waals surface area contributed by atoms with E-state index in [0.717, 1.165) is 31.5 Å². The second-order valence-corrected chi connectivity index (χ2v) is 8.88. The minimum absolute atomic E-state index is 0.0668. The normalized spacial score (nSPS) is 14.9. The number of nitrogens with one attached hydrogen (secondary N) is 2. The number of piperidine rings is 1. The summed E-state index contributed by atoms with van der Waals surface area (Å²) in [7, 11) is 0. The van der Waals surface area contributed by atoms with Crippen molar-refractivity contribution in [1.29, 1.82) is 0 Å². The molecule has 7 nitrogen and oxygen atoms in total. The van der Waals surface area contributed by atoms with Gasteiger partial charge in [-0.25, -0.2) is 4.98 Å². The lowest BCUT2D eigenvalue weighted by Gasteiger charge is -2.34. The van der Waals surface area contributed by atoms with Crippen LogP contribution in [-0.4, -0.2) is 40.8 Å². The smallest absolute Gasteiger partial charge is 0.258 e. The fraction of sp³-hybridized carbons (Fsp3) is 0.320. The second kappa shape index (κ2) is 10.2. The van der Waals surface area contributed by atoms with Gasteiger partial charge in [0.1, 0.15) is 11.6 Å². The van der Waals surface area contributed by atoms with E-state index in [1.807, 2.05) is 12.1 Å². The van der Waals surface area contributed by atoms with Crippen LogP contribution in [0.5, 0.6) is 0 Å². The van der Waals surface area contributed by atoms with Gasteiger partial charge in [0.2, 0.25) is 5.91 Å². The number of hydrogen-bond acceptors (Lipinski definition) is 5. The van der Waals surface area contributed by atoms with E-state index in [4.69, 9.17) is 16.0 Å². The molecule has 0 radical (unpaired) electrons. The Morgan fingerprint density at radius 1 is 1.12 bits per heavy atom. The lowest BCUT2D eigenvalue weighted by atomic mass is 9.94. The van der Waals surface area contributed by atoms with E-state index in [1.165, 1.54) is 6.20 Å². The maximum atomic E-state index is 13.1. The molecule has 0 atom stereocenters. The monoisotopic (exact) mass is 466 g/mol. The molecule has 1 aliphatic heterocycles. The lowest BCUT2D eigenvalue weighted by Crippen LogP contribution is -2.41. The van der Waals surface area contributed by atoms with E-state index in [0.29, 0.717) is 33.9 Å². The molecule has 2 N–H and O–H groups in total. The Kier molecular flexibility index (Phi) is 7.11. The number of halogens is 1. The number of rotatable bonds is 6. The highest BCUT2D eigenvalue weighted by atomic mass is 35.5. The Morgan fingerprint density at radius 3 is 2.55 bits per heavy atom. The number of furan rings is 1. The Bertz CT molecular complexity index is 1110. The summed E-state index contributed by atoms with van der Waals surface area (Å²) in [5.74, 6) is 0.461. The number of amides is 2. The molecule has 2 amide bonds. The van der Waals surface area contributed by atoms with E-state index in [2.05, 4.69) is 34.4 Å². The maximum absolute atomic E-state index is 13.1. The first-order valence-electron chi connectivity index (χ1n) is 11.1. The van der Waals surface area contributed by atoms with Crippen LogP contribution in [0, 0.1) is 5.92 Å². The molecular weight excluding hydrogens is 440 g/mol. The van der Waals surface area contributed by atoms with Crippen LogP contribution >= 0.6 is 11.6 Å². The zero-order valence-electron chi connectivity index (χ0n) is 18.7. The van der Waals surface area contributed by atoms with Crippen LogP contribution in [0.4, 0.5) is 11.5 Å². The number of benzene rings is 1. The molecule has 1 fully saturated rings. The summed E-state index contributed by atoms with van der Waals surface area (Å²) in [6.07, 6.45) is 4.63. The van der Waals surface area contributed by atoms with Crippen molar-refractivity contribution < 1.29 is 14.0 Å². The zero-order valence-corrected chi connectivity index (χ0v) is 19.4. The van der Waals surface area contributed by atoms with Crippen LogP contribution in [0.3, 0.4) is 0 Å². The van der Waals surface area contributed by atoms with Crippen molar-refractivity contribution in [2.24, 2.45) is 5.92 Å². The highest BCUT2D eigenvalue weighted by molar-refractivity contribution is 6.30. The standard InChI is InChI=1S/C25H27ClN4O3/c1-16(2)30-11-9-17(10-12-30)24(31)28-21-7-5-18(22-4-3-13-33-22)14-20(21)25(32)29-23-8-6-19(26)15-27-23/h3-8,13-17H,9-12H2,1-2H3,(H,28,31)(H,27,29,32). The molecule has 4 rings (SSSR count). The third kappa shape index (κ3) is 5.61. The predicted octanol–water partition coefficient (Wildman–Crippen LogP) is 5.31. The van der Waals surface area contributed by atoms with Gasteiger partial charge in [0.05, 0.1) is 22.5 Å². The zero-order chi connectivity index (χ0) is 23.4. The summed E-state index contributed by atoms with van der Waals surface area (Å²) >= 11 is 5.89. The molecule has 0 aliphatic carbocycles. The first kappa shape index (κ1) is 23.0. The number of pyridine rings is 1. The lowest BCUT2D eigenvalue weighted by molar-refractivity contribution is -0.121. The average Bonchev–Trinajstić information content (AvgIpc) is 3.36. The summed E-state index contributed by atoms with van der Waals surface area (Å²) in [4.78, 5) is 32.7. The van der Waals surface area contributed by atoms with Crippen molar-refractivity contribution in [2.45, 2.75) is 32.7 Å². The molecule has 1 aliphatic rings. The number of aromatic nitrogens is 1. The summed E-state index contributed by atoms with van der Waals surface area (Å²) in [6, 6.07) is 12.6. The summed E-state index contributed by atoms with van der Waals surface area (Å²) in [5.41, 5.74) is 1.51. The highest BCUT2D eigenvalue weighted by Crippen LogP contribution is 2.28. The number of anilines is 2. The molecule has 8 heteroatoms. The largest absolute Gasteiger partial charge is 0.464 e. The third-order valence-electron chi connectivity index (χ3n) is 5.93. The van der Waals surface area contributed by atoms with E-state index >= 15 is 0 Å². The fourth-order valence-electron chi connectivity index (χ4n) is 3.98. The number of carbonyl (C=O) groups excluding carboxylic acids is 2. The van der Waals surface area contributed by atoms with Gasteiger partial charge in [0, 0.05) is 23.7 Å². The van der Waals surface area contributed by atoms with Gasteiger partial charge < -0.3 is 20.0 Å². The topological polar surface area (TPSA) is 87.5 Å². The summed E-state index contributed by atoms with van der Waals surface area (Å²) in [6.45, 7) is 6.12. The van der Waals surface area contributed by atoms with E-state index in [1.54, 1.807) is 36.6 Å². The molecule has 33 heavy (non-hydrogen) atoms. The number of hydrogen-bond donors (Lipinski definition) is 2. The van der Waals surface area contributed by atoms with E-state index < -0.39 is 0 Å². The van der Waals surface area contributed by atoms with E-state index in [-0.39, 0.29) is 17.7 Å². The number of likely N-dealkylation sites (tertiary alicyclic amines) is 1. The highest BCUT2D eigenvalue weighted by Gasteiger charge is 2.27. The molecule has 0 bridgehead atoms. The van der Waals surface area contributed by atoms with Crippen LogP contribution in [0.1, 0.15) is 37.0 Å². The van der Waals surface area contributed by atoms with Crippen LogP contribution in [-0.2, 0) is 4.79 Å². The van der Waals surface area contributed by atoms with Crippen molar-refractivity contribution in [3.8, 4) is 11.3 Å². The fourth-order valence-corrected chi connectivity index (χ4v) is 4.10.